The van der Waals surface area contributed by atoms with Crippen LogP contribution in [0.2, 0.25) is 0 Å². The molecule has 0 saturated heterocycles. The second-order valence-corrected chi connectivity index (χ2v) is 1.86. The SMILES string of the molecule is C=CC(CCO)NC(N)=O. The topological polar surface area (TPSA) is 75.3 Å². The average molecular weight is 144 g/mol. The number of hydrogen-bond acceptors (Lipinski definition) is 2. The first-order valence-corrected chi connectivity index (χ1v) is 3.00. The van der Waals surface area contributed by atoms with Gasteiger partial charge in [0.05, 0.1) is 6.04 Å². The van der Waals surface area contributed by atoms with E-state index in [-0.39, 0.29) is 12.6 Å². The number of hydrogen-bond donors (Lipinski definition) is 3. The van der Waals surface area contributed by atoms with Gasteiger partial charge in [-0.1, -0.05) is 6.08 Å². The molecule has 0 fully saturated rings. The van der Waals surface area contributed by atoms with Gasteiger partial charge in [0.15, 0.2) is 0 Å². The molecular weight excluding hydrogens is 132 g/mol. The Morgan fingerprint density at radius 3 is 2.80 bits per heavy atom. The number of nitrogens with one attached hydrogen (secondary N) is 1. The van der Waals surface area contributed by atoms with E-state index in [0.717, 1.165) is 0 Å². The van der Waals surface area contributed by atoms with Crippen LogP contribution in [0.15, 0.2) is 12.7 Å². The Kier molecular flexibility index (Phi) is 4.32. The van der Waals surface area contributed by atoms with E-state index in [2.05, 4.69) is 11.9 Å². The molecule has 4 N–H and O–H groups in total. The van der Waals surface area contributed by atoms with E-state index >= 15 is 0 Å². The van der Waals surface area contributed by atoms with Gasteiger partial charge >= 0.3 is 6.03 Å². The van der Waals surface area contributed by atoms with E-state index in [9.17, 15) is 4.79 Å². The molecule has 0 spiro atoms. The number of primary amides is 1. The number of rotatable bonds is 4. The molecule has 0 bridgehead atoms. The molecule has 0 heterocycles. The molecule has 1 unspecified atom stereocenters. The molecule has 0 saturated carbocycles. The molecule has 0 aliphatic rings. The van der Waals surface area contributed by atoms with E-state index in [0.29, 0.717) is 6.42 Å². The Morgan fingerprint density at radius 2 is 2.50 bits per heavy atom. The summed E-state index contributed by atoms with van der Waals surface area (Å²) in [6.45, 7) is 3.46. The lowest BCUT2D eigenvalue weighted by Crippen LogP contribution is -2.37. The summed E-state index contributed by atoms with van der Waals surface area (Å²) in [5.41, 5.74) is 4.82. The Balaban J connectivity index is 3.59. The predicted molar refractivity (Wildman–Crippen MR) is 38.4 cm³/mol. The number of aliphatic hydroxyl groups is 1. The average Bonchev–Trinajstić information content (AvgIpc) is 1.86. The first kappa shape index (κ1) is 8.97. The number of aliphatic hydroxyl groups excluding tert-OH is 1. The molecule has 58 valence electrons. The second kappa shape index (κ2) is 4.81. The Hall–Kier alpha value is -1.03. The van der Waals surface area contributed by atoms with Crippen molar-refractivity contribution in [1.29, 1.82) is 0 Å². The second-order valence-electron chi connectivity index (χ2n) is 1.86. The van der Waals surface area contributed by atoms with Gasteiger partial charge in [-0.2, -0.15) is 0 Å². The van der Waals surface area contributed by atoms with Gasteiger partial charge in [0.1, 0.15) is 0 Å². The van der Waals surface area contributed by atoms with Crippen LogP contribution in [0.25, 0.3) is 0 Å². The molecule has 0 rings (SSSR count). The molecule has 0 aliphatic carbocycles. The number of urea groups is 1. The largest absolute Gasteiger partial charge is 0.396 e. The molecule has 2 amide bonds. The summed E-state index contributed by atoms with van der Waals surface area (Å²) >= 11 is 0. The van der Waals surface area contributed by atoms with E-state index in [4.69, 9.17) is 10.8 Å². The summed E-state index contributed by atoms with van der Waals surface area (Å²) in [6, 6.07) is -0.819. The minimum Gasteiger partial charge on any atom is -0.396 e. The highest BCUT2D eigenvalue weighted by Crippen LogP contribution is 1.89. The van der Waals surface area contributed by atoms with Gasteiger partial charge < -0.3 is 16.2 Å². The molecular formula is C6H12N2O2. The van der Waals surface area contributed by atoms with Crippen LogP contribution in [-0.4, -0.2) is 23.8 Å². The normalized spacial score (nSPS) is 12.1. The summed E-state index contributed by atoms with van der Waals surface area (Å²) in [4.78, 5) is 10.2. The van der Waals surface area contributed by atoms with Crippen LogP contribution in [0.1, 0.15) is 6.42 Å². The lowest BCUT2D eigenvalue weighted by molar-refractivity contribution is 0.241. The van der Waals surface area contributed by atoms with Crippen LogP contribution in [0.3, 0.4) is 0 Å². The van der Waals surface area contributed by atoms with Gasteiger partial charge in [-0.15, -0.1) is 6.58 Å². The summed E-state index contributed by atoms with van der Waals surface area (Å²) in [5.74, 6) is 0. The summed E-state index contributed by atoms with van der Waals surface area (Å²) < 4.78 is 0. The fraction of sp³-hybridized carbons (Fsp3) is 0.500. The Labute approximate surface area is 59.7 Å². The third kappa shape index (κ3) is 3.91. The third-order valence-electron chi connectivity index (χ3n) is 1.05. The van der Waals surface area contributed by atoms with Crippen molar-refractivity contribution < 1.29 is 9.90 Å². The number of amides is 2. The van der Waals surface area contributed by atoms with Gasteiger partial charge in [-0.3, -0.25) is 0 Å². The third-order valence-corrected chi connectivity index (χ3v) is 1.05. The van der Waals surface area contributed by atoms with Crippen molar-refractivity contribution >= 4 is 6.03 Å². The number of nitrogens with two attached hydrogens (primary N) is 1. The van der Waals surface area contributed by atoms with E-state index in [1.54, 1.807) is 0 Å². The van der Waals surface area contributed by atoms with E-state index in [1.807, 2.05) is 0 Å². The lowest BCUT2D eigenvalue weighted by atomic mass is 10.2. The number of carbonyl (C=O) groups is 1. The molecule has 1 atom stereocenters. The van der Waals surface area contributed by atoms with Gasteiger partial charge in [0.25, 0.3) is 0 Å². The van der Waals surface area contributed by atoms with E-state index < -0.39 is 6.03 Å². The molecule has 0 aromatic carbocycles. The zero-order chi connectivity index (χ0) is 7.98. The summed E-state index contributed by atoms with van der Waals surface area (Å²) in [5, 5.41) is 10.8. The quantitative estimate of drug-likeness (QED) is 0.469. The predicted octanol–water partition coefficient (Wildman–Crippen LogP) is -0.408. The zero-order valence-electron chi connectivity index (χ0n) is 5.71. The first-order chi connectivity index (χ1) is 4.70. The Morgan fingerprint density at radius 1 is 1.90 bits per heavy atom. The monoisotopic (exact) mass is 144 g/mol. The first-order valence-electron chi connectivity index (χ1n) is 3.00. The molecule has 10 heavy (non-hydrogen) atoms. The molecule has 0 aromatic rings. The van der Waals surface area contributed by atoms with Crippen LogP contribution in [0.4, 0.5) is 4.79 Å². The smallest absolute Gasteiger partial charge is 0.312 e. The highest BCUT2D eigenvalue weighted by Gasteiger charge is 2.02. The van der Waals surface area contributed by atoms with Crippen LogP contribution < -0.4 is 11.1 Å². The molecule has 4 heteroatoms. The highest BCUT2D eigenvalue weighted by molar-refractivity contribution is 5.72. The van der Waals surface area contributed by atoms with Crippen molar-refractivity contribution in [2.75, 3.05) is 6.61 Å². The van der Waals surface area contributed by atoms with Gasteiger partial charge in [-0.25, -0.2) is 4.79 Å². The van der Waals surface area contributed by atoms with Gasteiger partial charge in [0, 0.05) is 6.61 Å². The van der Waals surface area contributed by atoms with Crippen LogP contribution in [0.5, 0.6) is 0 Å². The van der Waals surface area contributed by atoms with Crippen molar-refractivity contribution in [3.63, 3.8) is 0 Å². The van der Waals surface area contributed by atoms with Crippen molar-refractivity contribution in [3.8, 4) is 0 Å². The van der Waals surface area contributed by atoms with Crippen molar-refractivity contribution in [3.05, 3.63) is 12.7 Å². The van der Waals surface area contributed by atoms with Gasteiger partial charge in [-0.05, 0) is 6.42 Å². The standard InChI is InChI=1S/C6H12N2O2/c1-2-5(3-4-9)8-6(7)10/h2,5,9H,1,3-4H2,(H3,7,8,10). The summed E-state index contributed by atoms with van der Waals surface area (Å²) in [6.07, 6.45) is 1.98. The maximum Gasteiger partial charge on any atom is 0.312 e. The minimum atomic E-state index is -0.599. The van der Waals surface area contributed by atoms with Crippen LogP contribution in [0, 0.1) is 0 Å². The summed E-state index contributed by atoms with van der Waals surface area (Å²) in [7, 11) is 0. The van der Waals surface area contributed by atoms with Crippen molar-refractivity contribution in [2.45, 2.75) is 12.5 Å². The van der Waals surface area contributed by atoms with Crippen molar-refractivity contribution in [2.24, 2.45) is 5.73 Å². The molecule has 0 aromatic heterocycles. The van der Waals surface area contributed by atoms with Crippen molar-refractivity contribution in [1.82, 2.24) is 5.32 Å². The maximum atomic E-state index is 10.2. The Bertz CT molecular complexity index is 125. The number of carbonyl (C=O) groups excluding carboxylic acids is 1. The fourth-order valence-corrected chi connectivity index (χ4v) is 0.571. The van der Waals surface area contributed by atoms with Crippen LogP contribution in [-0.2, 0) is 0 Å². The minimum absolute atomic E-state index is 0.0109. The highest BCUT2D eigenvalue weighted by atomic mass is 16.3. The molecule has 0 radical (unpaired) electrons. The van der Waals surface area contributed by atoms with E-state index in [1.165, 1.54) is 6.08 Å². The van der Waals surface area contributed by atoms with Crippen LogP contribution >= 0.6 is 0 Å². The molecule has 0 aliphatic heterocycles. The fourth-order valence-electron chi connectivity index (χ4n) is 0.571. The maximum absolute atomic E-state index is 10.2. The van der Waals surface area contributed by atoms with Gasteiger partial charge in [0.2, 0.25) is 0 Å². The molecule has 4 nitrogen and oxygen atoms in total. The zero-order valence-corrected chi connectivity index (χ0v) is 5.71. The lowest BCUT2D eigenvalue weighted by Gasteiger charge is -2.09.